The number of hydrogen-bond acceptors (Lipinski definition) is 3. The minimum Gasteiger partial charge on any atom is -0.265 e. The van der Waals surface area contributed by atoms with Gasteiger partial charge in [0.2, 0.25) is 0 Å². The summed E-state index contributed by atoms with van der Waals surface area (Å²) in [5.41, 5.74) is 2.95. The van der Waals surface area contributed by atoms with Crippen molar-refractivity contribution < 1.29 is 0 Å². The van der Waals surface area contributed by atoms with Crippen molar-refractivity contribution in [3.8, 4) is 11.3 Å². The third-order valence-electron chi connectivity index (χ3n) is 2.42. The summed E-state index contributed by atoms with van der Waals surface area (Å²) in [5, 5.41) is 4.31. The van der Waals surface area contributed by atoms with Crippen molar-refractivity contribution in [3.05, 3.63) is 42.6 Å². The Balaban J connectivity index is 2.68. The van der Waals surface area contributed by atoms with E-state index in [0.717, 1.165) is 22.8 Å². The Labute approximate surface area is 100 Å². The molecule has 0 spiro atoms. The maximum absolute atomic E-state index is 4.43. The summed E-state index contributed by atoms with van der Waals surface area (Å²) in [6.07, 6.45) is 6.95. The van der Waals surface area contributed by atoms with E-state index in [2.05, 4.69) is 21.6 Å². The van der Waals surface area contributed by atoms with Gasteiger partial charge in [0.15, 0.2) is 5.82 Å². The number of nitrogens with zero attached hydrogens (tertiary/aromatic N) is 4. The average molecular weight is 226 g/mol. The van der Waals surface area contributed by atoms with Crippen molar-refractivity contribution in [3.63, 3.8) is 0 Å². The van der Waals surface area contributed by atoms with E-state index in [4.69, 9.17) is 0 Å². The molecule has 2 rings (SSSR count). The zero-order chi connectivity index (χ0) is 12.3. The van der Waals surface area contributed by atoms with Crippen molar-refractivity contribution in [1.29, 1.82) is 0 Å². The normalized spacial score (nSPS) is 10.9. The Morgan fingerprint density at radius 1 is 1.35 bits per heavy atom. The summed E-state index contributed by atoms with van der Waals surface area (Å²) in [4.78, 5) is 8.45. The number of imidazole rings is 1. The summed E-state index contributed by atoms with van der Waals surface area (Å²) in [7, 11) is 0. The van der Waals surface area contributed by atoms with Crippen LogP contribution in [0.3, 0.4) is 0 Å². The predicted octanol–water partition coefficient (Wildman–Crippen LogP) is 2.75. The van der Waals surface area contributed by atoms with Crippen LogP contribution in [-0.4, -0.2) is 20.9 Å². The molecule has 0 fully saturated rings. The first-order valence-electron chi connectivity index (χ1n) is 5.39. The minimum atomic E-state index is 0.743. The molecule has 0 aliphatic carbocycles. The second-order valence-corrected chi connectivity index (χ2v) is 3.53. The van der Waals surface area contributed by atoms with E-state index in [1.807, 2.05) is 26.0 Å². The summed E-state index contributed by atoms with van der Waals surface area (Å²) >= 11 is 0. The van der Waals surface area contributed by atoms with Gasteiger partial charge in [-0.1, -0.05) is 6.58 Å². The van der Waals surface area contributed by atoms with Gasteiger partial charge in [-0.15, -0.1) is 0 Å². The van der Waals surface area contributed by atoms with Crippen LogP contribution in [0.5, 0.6) is 0 Å². The SMILES string of the molecule is C=Cc1nc(C)c(-c2ccncc2)n1N=CC. The minimum absolute atomic E-state index is 0.743. The van der Waals surface area contributed by atoms with Crippen molar-refractivity contribution in [1.82, 2.24) is 14.6 Å². The van der Waals surface area contributed by atoms with Crippen LogP contribution in [0.25, 0.3) is 17.3 Å². The first kappa shape index (κ1) is 11.3. The number of pyridine rings is 1. The van der Waals surface area contributed by atoms with Gasteiger partial charge in [-0.2, -0.15) is 5.10 Å². The molecule has 0 radical (unpaired) electrons. The molecular formula is C13H14N4. The molecule has 0 aromatic carbocycles. The highest BCUT2D eigenvalue weighted by molar-refractivity contribution is 5.65. The molecule has 0 bridgehead atoms. The number of aryl methyl sites for hydroxylation is 1. The monoisotopic (exact) mass is 226 g/mol. The maximum atomic E-state index is 4.43. The van der Waals surface area contributed by atoms with E-state index < -0.39 is 0 Å². The van der Waals surface area contributed by atoms with E-state index >= 15 is 0 Å². The van der Waals surface area contributed by atoms with E-state index in [-0.39, 0.29) is 0 Å². The van der Waals surface area contributed by atoms with Crippen molar-refractivity contribution in [2.75, 3.05) is 0 Å². The van der Waals surface area contributed by atoms with E-state index in [0.29, 0.717) is 0 Å². The van der Waals surface area contributed by atoms with Crippen LogP contribution >= 0.6 is 0 Å². The second-order valence-electron chi connectivity index (χ2n) is 3.53. The quantitative estimate of drug-likeness (QED) is 0.755. The third-order valence-corrected chi connectivity index (χ3v) is 2.42. The fourth-order valence-corrected chi connectivity index (χ4v) is 1.75. The summed E-state index contributed by atoms with van der Waals surface area (Å²) in [6.45, 7) is 7.59. The van der Waals surface area contributed by atoms with E-state index in [1.165, 1.54) is 0 Å². The van der Waals surface area contributed by atoms with Crippen LogP contribution in [0.4, 0.5) is 0 Å². The topological polar surface area (TPSA) is 43.1 Å². The Morgan fingerprint density at radius 2 is 2.06 bits per heavy atom. The highest BCUT2D eigenvalue weighted by atomic mass is 15.4. The number of aromatic nitrogens is 3. The van der Waals surface area contributed by atoms with Gasteiger partial charge in [0.1, 0.15) is 0 Å². The predicted molar refractivity (Wildman–Crippen MR) is 69.9 cm³/mol. The number of rotatable bonds is 3. The van der Waals surface area contributed by atoms with Crippen molar-refractivity contribution >= 4 is 12.3 Å². The van der Waals surface area contributed by atoms with Gasteiger partial charge in [-0.3, -0.25) is 4.98 Å². The van der Waals surface area contributed by atoms with Crippen LogP contribution in [0, 0.1) is 6.92 Å². The van der Waals surface area contributed by atoms with Gasteiger partial charge in [-0.25, -0.2) is 9.66 Å². The van der Waals surface area contributed by atoms with E-state index in [1.54, 1.807) is 29.4 Å². The van der Waals surface area contributed by atoms with Gasteiger partial charge in [0, 0.05) is 24.2 Å². The lowest BCUT2D eigenvalue weighted by molar-refractivity contribution is 0.874. The molecule has 0 saturated heterocycles. The molecule has 0 aliphatic heterocycles. The molecule has 86 valence electrons. The fraction of sp³-hybridized carbons (Fsp3) is 0.154. The van der Waals surface area contributed by atoms with Crippen LogP contribution in [0.2, 0.25) is 0 Å². The smallest absolute Gasteiger partial charge is 0.153 e. The van der Waals surface area contributed by atoms with E-state index in [9.17, 15) is 0 Å². The molecule has 17 heavy (non-hydrogen) atoms. The average Bonchev–Trinajstić information content (AvgIpc) is 2.67. The standard InChI is InChI=1S/C13H14N4/c1-4-12-16-10(3)13(17(12)15-5-2)11-6-8-14-9-7-11/h4-9H,1H2,2-3H3. The molecule has 0 aliphatic rings. The fourth-order valence-electron chi connectivity index (χ4n) is 1.75. The van der Waals surface area contributed by atoms with Crippen LogP contribution in [0.1, 0.15) is 18.4 Å². The summed E-state index contributed by atoms with van der Waals surface area (Å²) < 4.78 is 1.79. The first-order valence-corrected chi connectivity index (χ1v) is 5.39. The summed E-state index contributed by atoms with van der Waals surface area (Å²) in [6, 6.07) is 3.89. The molecule has 4 heteroatoms. The lowest BCUT2D eigenvalue weighted by atomic mass is 10.2. The molecule has 0 saturated carbocycles. The maximum Gasteiger partial charge on any atom is 0.153 e. The highest BCUT2D eigenvalue weighted by Crippen LogP contribution is 2.24. The molecule has 2 aromatic rings. The zero-order valence-electron chi connectivity index (χ0n) is 9.96. The lowest BCUT2D eigenvalue weighted by Crippen LogP contribution is -1.95. The molecule has 0 atom stereocenters. The Bertz CT molecular complexity index is 552. The molecule has 0 unspecified atom stereocenters. The lowest BCUT2D eigenvalue weighted by Gasteiger charge is -2.04. The zero-order valence-corrected chi connectivity index (χ0v) is 9.96. The molecule has 0 N–H and O–H groups in total. The number of hydrogen-bond donors (Lipinski definition) is 0. The van der Waals surface area contributed by atoms with Gasteiger partial charge in [0.05, 0.1) is 11.4 Å². The third kappa shape index (κ3) is 2.01. The van der Waals surface area contributed by atoms with Crippen molar-refractivity contribution in [2.24, 2.45) is 5.10 Å². The van der Waals surface area contributed by atoms with Crippen LogP contribution in [-0.2, 0) is 0 Å². The Kier molecular flexibility index (Phi) is 3.14. The molecular weight excluding hydrogens is 212 g/mol. The Morgan fingerprint density at radius 3 is 2.65 bits per heavy atom. The van der Waals surface area contributed by atoms with Crippen LogP contribution < -0.4 is 0 Å². The van der Waals surface area contributed by atoms with Gasteiger partial charge in [-0.05, 0) is 32.1 Å². The van der Waals surface area contributed by atoms with Gasteiger partial charge < -0.3 is 0 Å². The largest absolute Gasteiger partial charge is 0.265 e. The summed E-state index contributed by atoms with van der Waals surface area (Å²) in [5.74, 6) is 0.743. The van der Waals surface area contributed by atoms with Gasteiger partial charge >= 0.3 is 0 Å². The van der Waals surface area contributed by atoms with Crippen LogP contribution in [0.15, 0.2) is 36.2 Å². The molecule has 0 amide bonds. The molecule has 2 aromatic heterocycles. The molecule has 2 heterocycles. The van der Waals surface area contributed by atoms with Gasteiger partial charge in [0.25, 0.3) is 0 Å². The molecule has 4 nitrogen and oxygen atoms in total. The highest BCUT2D eigenvalue weighted by Gasteiger charge is 2.13. The Hall–Kier alpha value is -2.23. The first-order chi connectivity index (χ1) is 8.27. The van der Waals surface area contributed by atoms with Crippen molar-refractivity contribution in [2.45, 2.75) is 13.8 Å². The second kappa shape index (κ2) is 4.74.